The zero-order valence-electron chi connectivity index (χ0n) is 12.9. The summed E-state index contributed by atoms with van der Waals surface area (Å²) in [4.78, 5) is 12.0. The van der Waals surface area contributed by atoms with Gasteiger partial charge in [0.15, 0.2) is 6.73 Å². The molecule has 25 heavy (non-hydrogen) atoms. The summed E-state index contributed by atoms with van der Waals surface area (Å²) in [6.45, 7) is 0.235. The third-order valence-electron chi connectivity index (χ3n) is 3.15. The van der Waals surface area contributed by atoms with Crippen molar-refractivity contribution in [2.75, 3.05) is 10.6 Å². The number of nitrogens with one attached hydrogen (secondary N) is 2. The number of rotatable bonds is 5. The molecule has 0 radical (unpaired) electrons. The maximum atomic E-state index is 12.0. The van der Waals surface area contributed by atoms with Gasteiger partial charge < -0.3 is 15.4 Å². The molecule has 0 fully saturated rings. The highest BCUT2D eigenvalue weighted by atomic mass is 79.9. The molecule has 0 saturated heterocycles. The predicted octanol–water partition coefficient (Wildman–Crippen LogP) is 4.98. The van der Waals surface area contributed by atoms with Gasteiger partial charge in [-0.2, -0.15) is 5.10 Å². The molecule has 128 valence electrons. The third kappa shape index (κ3) is 5.23. The van der Waals surface area contributed by atoms with Crippen LogP contribution in [0.5, 0.6) is 5.75 Å². The Bertz CT molecular complexity index is 867. The van der Waals surface area contributed by atoms with Crippen molar-refractivity contribution in [3.8, 4) is 5.75 Å². The number of benzene rings is 2. The zero-order valence-corrected chi connectivity index (χ0v) is 15.3. The second kappa shape index (κ2) is 8.04. The average molecular weight is 422 g/mol. The van der Waals surface area contributed by atoms with Crippen LogP contribution in [0, 0.1) is 0 Å². The molecule has 3 rings (SSSR count). The number of aromatic nitrogens is 2. The summed E-state index contributed by atoms with van der Waals surface area (Å²) in [6, 6.07) is 14.0. The highest BCUT2D eigenvalue weighted by Crippen LogP contribution is 2.17. The lowest BCUT2D eigenvalue weighted by molar-refractivity contribution is 0.221. The third-order valence-corrected chi connectivity index (χ3v) is 3.91. The molecule has 2 amide bonds. The Balaban J connectivity index is 1.52. The number of carbonyl (C=O) groups is 1. The van der Waals surface area contributed by atoms with E-state index in [0.29, 0.717) is 16.4 Å². The lowest BCUT2D eigenvalue weighted by atomic mass is 10.3. The van der Waals surface area contributed by atoms with E-state index in [1.54, 1.807) is 41.3 Å². The second-order valence-corrected chi connectivity index (χ2v) is 6.44. The Morgan fingerprint density at radius 2 is 1.92 bits per heavy atom. The van der Waals surface area contributed by atoms with E-state index < -0.39 is 0 Å². The quantitative estimate of drug-likeness (QED) is 0.610. The van der Waals surface area contributed by atoms with E-state index >= 15 is 0 Å². The SMILES string of the molecule is O=C(Nc1cccc(Cl)c1)Nc1cnn(COc2ccc(Br)cc2)c1. The van der Waals surface area contributed by atoms with Crippen molar-refractivity contribution in [3.05, 3.63) is 70.4 Å². The van der Waals surface area contributed by atoms with Gasteiger partial charge in [-0.3, -0.25) is 0 Å². The number of halogens is 2. The van der Waals surface area contributed by atoms with Gasteiger partial charge in [0, 0.05) is 15.2 Å². The summed E-state index contributed by atoms with van der Waals surface area (Å²) in [7, 11) is 0. The molecular weight excluding hydrogens is 408 g/mol. The Morgan fingerprint density at radius 1 is 1.16 bits per heavy atom. The summed E-state index contributed by atoms with van der Waals surface area (Å²) in [6.07, 6.45) is 3.22. The molecule has 6 nitrogen and oxygen atoms in total. The van der Waals surface area contributed by atoms with Gasteiger partial charge in [-0.1, -0.05) is 33.6 Å². The van der Waals surface area contributed by atoms with E-state index in [0.717, 1.165) is 10.2 Å². The minimum absolute atomic E-state index is 0.235. The molecule has 1 aromatic heterocycles. The number of carbonyl (C=O) groups excluding carboxylic acids is 1. The number of anilines is 2. The van der Waals surface area contributed by atoms with Gasteiger partial charge >= 0.3 is 6.03 Å². The van der Waals surface area contributed by atoms with Crippen molar-refractivity contribution in [3.63, 3.8) is 0 Å². The van der Waals surface area contributed by atoms with Crippen molar-refractivity contribution < 1.29 is 9.53 Å². The first-order valence-corrected chi connectivity index (χ1v) is 8.50. The summed E-state index contributed by atoms with van der Waals surface area (Å²) >= 11 is 9.25. The van der Waals surface area contributed by atoms with Crippen LogP contribution in [0.4, 0.5) is 16.2 Å². The van der Waals surface area contributed by atoms with E-state index in [2.05, 4.69) is 31.7 Å². The van der Waals surface area contributed by atoms with Crippen LogP contribution < -0.4 is 15.4 Å². The molecule has 0 saturated carbocycles. The van der Waals surface area contributed by atoms with E-state index in [1.165, 1.54) is 0 Å². The fourth-order valence-corrected chi connectivity index (χ4v) is 2.48. The first-order chi connectivity index (χ1) is 12.1. The number of urea groups is 1. The number of nitrogens with zero attached hydrogens (tertiary/aromatic N) is 2. The predicted molar refractivity (Wildman–Crippen MR) is 101 cm³/mol. The molecule has 0 bridgehead atoms. The minimum Gasteiger partial charge on any atom is -0.471 e. The molecule has 1 heterocycles. The Labute approximate surface area is 157 Å². The number of hydrogen-bond acceptors (Lipinski definition) is 3. The number of ether oxygens (including phenoxy) is 1. The second-order valence-electron chi connectivity index (χ2n) is 5.09. The molecule has 0 atom stereocenters. The first-order valence-electron chi connectivity index (χ1n) is 7.33. The molecule has 0 unspecified atom stereocenters. The normalized spacial score (nSPS) is 10.3. The molecule has 3 aromatic rings. The smallest absolute Gasteiger partial charge is 0.323 e. The minimum atomic E-state index is -0.379. The topological polar surface area (TPSA) is 68.2 Å². The maximum Gasteiger partial charge on any atom is 0.323 e. The van der Waals surface area contributed by atoms with Crippen LogP contribution in [0.15, 0.2) is 65.4 Å². The van der Waals surface area contributed by atoms with Gasteiger partial charge in [-0.05, 0) is 42.5 Å². The van der Waals surface area contributed by atoms with E-state index in [9.17, 15) is 4.79 Å². The summed E-state index contributed by atoms with van der Waals surface area (Å²) in [5.41, 5.74) is 1.16. The molecule has 0 aliphatic rings. The summed E-state index contributed by atoms with van der Waals surface area (Å²) in [5.74, 6) is 0.729. The van der Waals surface area contributed by atoms with Gasteiger partial charge in [0.25, 0.3) is 0 Å². The van der Waals surface area contributed by atoms with Crippen molar-refractivity contribution >= 4 is 44.9 Å². The Hall–Kier alpha value is -2.51. The number of hydrogen-bond donors (Lipinski definition) is 2. The summed E-state index contributed by atoms with van der Waals surface area (Å²) in [5, 5.41) is 10.1. The zero-order chi connectivity index (χ0) is 17.6. The van der Waals surface area contributed by atoms with Gasteiger partial charge in [0.2, 0.25) is 0 Å². The van der Waals surface area contributed by atoms with Crippen molar-refractivity contribution in [1.29, 1.82) is 0 Å². The molecule has 2 N–H and O–H groups in total. The van der Waals surface area contributed by atoms with Crippen molar-refractivity contribution in [2.24, 2.45) is 0 Å². The van der Waals surface area contributed by atoms with Gasteiger partial charge in [0.05, 0.1) is 18.1 Å². The lowest BCUT2D eigenvalue weighted by Crippen LogP contribution is -2.19. The Morgan fingerprint density at radius 3 is 2.68 bits per heavy atom. The van der Waals surface area contributed by atoms with Crippen LogP contribution in [0.2, 0.25) is 5.02 Å². The van der Waals surface area contributed by atoms with E-state index in [-0.39, 0.29) is 12.8 Å². The molecular formula is C17H14BrClN4O2. The average Bonchev–Trinajstić information content (AvgIpc) is 3.01. The van der Waals surface area contributed by atoms with Gasteiger partial charge in [-0.25, -0.2) is 9.48 Å². The number of amides is 2. The maximum absolute atomic E-state index is 12.0. The van der Waals surface area contributed by atoms with Gasteiger partial charge in [0.1, 0.15) is 5.75 Å². The van der Waals surface area contributed by atoms with Crippen molar-refractivity contribution in [2.45, 2.75) is 6.73 Å². The summed E-state index contributed by atoms with van der Waals surface area (Å²) < 4.78 is 8.17. The van der Waals surface area contributed by atoms with Crippen LogP contribution >= 0.6 is 27.5 Å². The lowest BCUT2D eigenvalue weighted by Gasteiger charge is -2.07. The standard InChI is InChI=1S/C17H14BrClN4O2/c18-12-4-6-16(7-5-12)25-11-23-10-15(9-20-23)22-17(24)21-14-3-1-2-13(19)8-14/h1-10H,11H2,(H2,21,22,24). The van der Waals surface area contributed by atoms with Gasteiger partial charge in [-0.15, -0.1) is 0 Å². The van der Waals surface area contributed by atoms with Crippen molar-refractivity contribution in [1.82, 2.24) is 9.78 Å². The molecule has 2 aromatic carbocycles. The van der Waals surface area contributed by atoms with Crippen LogP contribution in [0.3, 0.4) is 0 Å². The van der Waals surface area contributed by atoms with E-state index in [1.807, 2.05) is 24.3 Å². The fourth-order valence-electron chi connectivity index (χ4n) is 2.03. The monoisotopic (exact) mass is 420 g/mol. The molecule has 0 spiro atoms. The molecule has 0 aliphatic carbocycles. The molecule has 0 aliphatic heterocycles. The van der Waals surface area contributed by atoms with Crippen LogP contribution in [-0.4, -0.2) is 15.8 Å². The fraction of sp³-hybridized carbons (Fsp3) is 0.0588. The highest BCUT2D eigenvalue weighted by molar-refractivity contribution is 9.10. The molecule has 8 heteroatoms. The Kier molecular flexibility index (Phi) is 5.57. The van der Waals surface area contributed by atoms with Crippen LogP contribution in [0.1, 0.15) is 0 Å². The highest BCUT2D eigenvalue weighted by Gasteiger charge is 2.05. The largest absolute Gasteiger partial charge is 0.471 e. The van der Waals surface area contributed by atoms with Crippen LogP contribution in [0.25, 0.3) is 0 Å². The van der Waals surface area contributed by atoms with E-state index in [4.69, 9.17) is 16.3 Å². The first kappa shape index (κ1) is 17.3. The van der Waals surface area contributed by atoms with Crippen LogP contribution in [-0.2, 0) is 6.73 Å².